The minimum absolute atomic E-state index is 0. The molecule has 0 spiro atoms. The summed E-state index contributed by atoms with van der Waals surface area (Å²) < 4.78 is 19.2. The van der Waals surface area contributed by atoms with Crippen LogP contribution in [0.5, 0.6) is 0 Å². The first-order valence-corrected chi connectivity index (χ1v) is 10.4. The molecule has 3 rings (SSSR count). The lowest BCUT2D eigenvalue weighted by Gasteiger charge is -2.32. The Kier molecular flexibility index (Phi) is 10.0. The number of rotatable bonds is 7. The molecule has 2 heterocycles. The number of guanidine groups is 1. The van der Waals surface area contributed by atoms with Gasteiger partial charge in [0.25, 0.3) is 0 Å². The van der Waals surface area contributed by atoms with Gasteiger partial charge in [-0.3, -0.25) is 9.89 Å². The first-order chi connectivity index (χ1) is 14.0. The first kappa shape index (κ1) is 24.6. The van der Waals surface area contributed by atoms with Crippen molar-refractivity contribution in [2.24, 2.45) is 10.9 Å². The fourth-order valence-corrected chi connectivity index (χ4v) is 3.53. The van der Waals surface area contributed by atoms with E-state index in [1.807, 2.05) is 18.2 Å². The predicted molar refractivity (Wildman–Crippen MR) is 129 cm³/mol. The molecule has 1 fully saturated rings. The first-order valence-electron chi connectivity index (χ1n) is 10.4. The van der Waals surface area contributed by atoms with Crippen molar-refractivity contribution in [1.29, 1.82) is 0 Å². The number of hydrogen-bond donors (Lipinski definition) is 2. The summed E-state index contributed by atoms with van der Waals surface area (Å²) in [5.41, 5.74) is 1.74. The lowest BCUT2D eigenvalue weighted by molar-refractivity contribution is 0.176. The minimum Gasteiger partial charge on any atom is -0.359 e. The van der Waals surface area contributed by atoms with Gasteiger partial charge in [0, 0.05) is 31.8 Å². The van der Waals surface area contributed by atoms with Crippen LogP contribution in [0.15, 0.2) is 39.8 Å². The van der Waals surface area contributed by atoms with Crippen molar-refractivity contribution in [3.05, 3.63) is 53.2 Å². The molecule has 0 radical (unpaired) electrons. The van der Waals surface area contributed by atoms with E-state index >= 15 is 0 Å². The van der Waals surface area contributed by atoms with Crippen molar-refractivity contribution in [1.82, 2.24) is 20.7 Å². The Morgan fingerprint density at radius 2 is 2.00 bits per heavy atom. The fraction of sp³-hybridized carbons (Fsp3) is 0.545. The van der Waals surface area contributed by atoms with Gasteiger partial charge >= 0.3 is 0 Å². The molecule has 1 aromatic heterocycles. The highest BCUT2D eigenvalue weighted by Gasteiger charge is 2.20. The van der Waals surface area contributed by atoms with Gasteiger partial charge in [0.2, 0.25) is 0 Å². The van der Waals surface area contributed by atoms with Crippen LogP contribution < -0.4 is 10.6 Å². The molecule has 0 bridgehead atoms. The number of likely N-dealkylation sites (tertiary alicyclic amines) is 1. The summed E-state index contributed by atoms with van der Waals surface area (Å²) >= 11 is 0. The standard InChI is InChI=1S/C22H32FN5O.HI/c1-16(2)21-12-19(29-27-21)14-26-22(24-3)25-13-17-8-10-28(11-9-17)15-18-6-4-5-7-20(18)23;/h4-7,12,16-17H,8-11,13-15H2,1-3H3,(H2,24,25,26);1H. The van der Waals surface area contributed by atoms with Crippen molar-refractivity contribution < 1.29 is 8.91 Å². The van der Waals surface area contributed by atoms with Gasteiger partial charge < -0.3 is 15.2 Å². The maximum absolute atomic E-state index is 13.8. The molecule has 1 saturated heterocycles. The summed E-state index contributed by atoms with van der Waals surface area (Å²) in [4.78, 5) is 6.62. The van der Waals surface area contributed by atoms with Crippen LogP contribution in [-0.4, -0.2) is 42.7 Å². The van der Waals surface area contributed by atoms with Crippen molar-refractivity contribution >= 4 is 29.9 Å². The van der Waals surface area contributed by atoms with Crippen LogP contribution in [0, 0.1) is 11.7 Å². The Morgan fingerprint density at radius 1 is 1.27 bits per heavy atom. The van der Waals surface area contributed by atoms with E-state index in [1.165, 1.54) is 6.07 Å². The van der Waals surface area contributed by atoms with Gasteiger partial charge in [-0.2, -0.15) is 0 Å². The zero-order valence-corrected chi connectivity index (χ0v) is 20.4. The molecule has 8 heteroatoms. The summed E-state index contributed by atoms with van der Waals surface area (Å²) in [7, 11) is 1.77. The third-order valence-corrected chi connectivity index (χ3v) is 5.44. The van der Waals surface area contributed by atoms with Gasteiger partial charge in [-0.25, -0.2) is 4.39 Å². The SMILES string of the molecule is CN=C(NCc1cc(C(C)C)no1)NCC1CCN(Cc2ccccc2F)CC1.I. The highest BCUT2D eigenvalue weighted by molar-refractivity contribution is 14.0. The van der Waals surface area contributed by atoms with Crippen LogP contribution in [-0.2, 0) is 13.1 Å². The van der Waals surface area contributed by atoms with Crippen molar-refractivity contribution in [3.8, 4) is 0 Å². The van der Waals surface area contributed by atoms with E-state index in [4.69, 9.17) is 4.52 Å². The Labute approximate surface area is 195 Å². The second-order valence-electron chi connectivity index (χ2n) is 7.99. The fourth-order valence-electron chi connectivity index (χ4n) is 3.53. The number of aliphatic imine (C=N–C) groups is 1. The average Bonchev–Trinajstić information content (AvgIpc) is 3.20. The molecular weight excluding hydrogens is 496 g/mol. The Balaban J connectivity index is 0.00000320. The molecule has 0 atom stereocenters. The van der Waals surface area contributed by atoms with Crippen LogP contribution >= 0.6 is 24.0 Å². The summed E-state index contributed by atoms with van der Waals surface area (Å²) in [5.74, 6) is 2.40. The van der Waals surface area contributed by atoms with Crippen LogP contribution in [0.1, 0.15) is 49.6 Å². The highest BCUT2D eigenvalue weighted by Crippen LogP contribution is 2.19. The molecule has 0 unspecified atom stereocenters. The number of piperidine rings is 1. The maximum Gasteiger partial charge on any atom is 0.191 e. The van der Waals surface area contributed by atoms with Crippen LogP contribution in [0.2, 0.25) is 0 Å². The second kappa shape index (κ2) is 12.2. The lowest BCUT2D eigenvalue weighted by Crippen LogP contribution is -2.42. The maximum atomic E-state index is 13.8. The molecule has 1 aliphatic rings. The summed E-state index contributed by atoms with van der Waals surface area (Å²) in [6.07, 6.45) is 2.19. The van der Waals surface area contributed by atoms with Gasteiger partial charge in [0.15, 0.2) is 11.7 Å². The molecule has 1 aromatic carbocycles. The number of nitrogens with zero attached hydrogens (tertiary/aromatic N) is 3. The molecule has 0 aliphatic carbocycles. The largest absolute Gasteiger partial charge is 0.359 e. The zero-order valence-electron chi connectivity index (χ0n) is 18.0. The van der Waals surface area contributed by atoms with Gasteiger partial charge in [-0.1, -0.05) is 37.2 Å². The van der Waals surface area contributed by atoms with Crippen LogP contribution in [0.25, 0.3) is 0 Å². The molecular formula is C22H33FIN5O. The van der Waals surface area contributed by atoms with E-state index in [1.54, 1.807) is 13.1 Å². The molecule has 6 nitrogen and oxygen atoms in total. The molecule has 0 saturated carbocycles. The quantitative estimate of drug-likeness (QED) is 0.321. The Hall–Kier alpha value is -1.68. The summed E-state index contributed by atoms with van der Waals surface area (Å²) in [6.45, 7) is 8.28. The van der Waals surface area contributed by atoms with Gasteiger partial charge in [0.1, 0.15) is 5.82 Å². The van der Waals surface area contributed by atoms with Crippen LogP contribution in [0.3, 0.4) is 0 Å². The monoisotopic (exact) mass is 529 g/mol. The van der Waals surface area contributed by atoms with Crippen molar-refractivity contribution in [2.45, 2.75) is 45.7 Å². The third-order valence-electron chi connectivity index (χ3n) is 5.44. The average molecular weight is 529 g/mol. The Bertz CT molecular complexity index is 802. The Morgan fingerprint density at radius 3 is 2.63 bits per heavy atom. The van der Waals surface area contributed by atoms with E-state index < -0.39 is 0 Å². The van der Waals surface area contributed by atoms with E-state index in [-0.39, 0.29) is 29.8 Å². The number of benzene rings is 1. The van der Waals surface area contributed by atoms with Gasteiger partial charge in [0.05, 0.1) is 12.2 Å². The van der Waals surface area contributed by atoms with Crippen molar-refractivity contribution in [3.63, 3.8) is 0 Å². The molecule has 1 aliphatic heterocycles. The number of halogens is 2. The van der Waals surface area contributed by atoms with Crippen molar-refractivity contribution in [2.75, 3.05) is 26.7 Å². The molecule has 2 aromatic rings. The number of hydrogen-bond acceptors (Lipinski definition) is 4. The molecule has 30 heavy (non-hydrogen) atoms. The lowest BCUT2D eigenvalue weighted by atomic mass is 9.96. The minimum atomic E-state index is -0.113. The topological polar surface area (TPSA) is 65.7 Å². The van der Waals surface area contributed by atoms with Gasteiger partial charge in [-0.15, -0.1) is 24.0 Å². The second-order valence-corrected chi connectivity index (χ2v) is 7.99. The smallest absolute Gasteiger partial charge is 0.191 e. The number of nitrogens with one attached hydrogen (secondary N) is 2. The van der Waals surface area contributed by atoms with E-state index in [9.17, 15) is 4.39 Å². The summed E-state index contributed by atoms with van der Waals surface area (Å²) in [5, 5.41) is 10.8. The van der Waals surface area contributed by atoms with E-state index in [0.717, 1.165) is 55.5 Å². The molecule has 166 valence electrons. The predicted octanol–water partition coefficient (Wildman–Crippen LogP) is 4.13. The van der Waals surface area contributed by atoms with E-state index in [2.05, 4.69) is 39.5 Å². The molecule has 2 N–H and O–H groups in total. The number of aromatic nitrogens is 1. The molecule has 0 amide bonds. The summed E-state index contributed by atoms with van der Waals surface area (Å²) in [6, 6.07) is 9.03. The highest BCUT2D eigenvalue weighted by atomic mass is 127. The van der Waals surface area contributed by atoms with E-state index in [0.29, 0.717) is 24.9 Å². The zero-order chi connectivity index (χ0) is 20.6. The van der Waals surface area contributed by atoms with Crippen LogP contribution in [0.4, 0.5) is 4.39 Å². The normalized spacial score (nSPS) is 15.8. The third kappa shape index (κ3) is 7.23. The van der Waals surface area contributed by atoms with Gasteiger partial charge in [-0.05, 0) is 43.8 Å².